The topological polar surface area (TPSA) is 118 Å². The minimum atomic E-state index is -1.04. The number of hydrogen-bond donors (Lipinski definition) is 2. The van der Waals surface area contributed by atoms with Crippen LogP contribution in [0.4, 0.5) is 0 Å². The van der Waals surface area contributed by atoms with Gasteiger partial charge in [-0.25, -0.2) is 4.79 Å². The van der Waals surface area contributed by atoms with E-state index in [1.807, 2.05) is 12.1 Å². The molecule has 1 aromatic carbocycles. The number of carbonyl (C=O) groups is 2. The molecule has 10 heteroatoms. The first-order valence-electron chi connectivity index (χ1n) is 7.32. The highest BCUT2D eigenvalue weighted by Crippen LogP contribution is 2.22. The second-order valence-corrected chi connectivity index (χ2v) is 6.68. The van der Waals surface area contributed by atoms with E-state index in [4.69, 9.17) is 5.11 Å². The van der Waals surface area contributed by atoms with Crippen LogP contribution in [0.5, 0.6) is 0 Å². The molecule has 2 aromatic rings. The first kappa shape index (κ1) is 17.0. The summed E-state index contributed by atoms with van der Waals surface area (Å²) in [5.74, 6) is -1.43. The monoisotopic (exact) mass is 361 g/mol. The third kappa shape index (κ3) is 3.33. The summed E-state index contributed by atoms with van der Waals surface area (Å²) in [7, 11) is 3.40. The van der Waals surface area contributed by atoms with Gasteiger partial charge in [-0.1, -0.05) is 17.8 Å². The fourth-order valence-electron chi connectivity index (χ4n) is 2.50. The van der Waals surface area contributed by atoms with Crippen molar-refractivity contribution in [3.63, 3.8) is 0 Å². The molecule has 3 rings (SSSR count). The molecule has 0 spiro atoms. The van der Waals surface area contributed by atoms with Crippen LogP contribution in [0.3, 0.4) is 0 Å². The van der Waals surface area contributed by atoms with E-state index in [-0.39, 0.29) is 23.2 Å². The second kappa shape index (κ2) is 6.55. The van der Waals surface area contributed by atoms with E-state index in [2.05, 4.69) is 15.5 Å². The van der Waals surface area contributed by atoms with Crippen molar-refractivity contribution in [3.05, 3.63) is 34.2 Å². The van der Waals surface area contributed by atoms with Crippen LogP contribution in [0.1, 0.15) is 12.0 Å². The molecule has 2 heterocycles. The van der Waals surface area contributed by atoms with Crippen molar-refractivity contribution < 1.29 is 14.7 Å². The van der Waals surface area contributed by atoms with E-state index in [9.17, 15) is 14.4 Å². The normalized spacial score (nSPS) is 19.2. The Morgan fingerprint density at radius 1 is 1.32 bits per heavy atom. The van der Waals surface area contributed by atoms with Crippen molar-refractivity contribution in [2.24, 2.45) is 24.3 Å². The maximum atomic E-state index is 11.9. The molecule has 1 atom stereocenters. The summed E-state index contributed by atoms with van der Waals surface area (Å²) in [5.41, 5.74) is 2.22. The second-order valence-electron chi connectivity index (χ2n) is 5.49. The van der Waals surface area contributed by atoms with Crippen LogP contribution in [0, 0.1) is 0 Å². The fourth-order valence-corrected chi connectivity index (χ4v) is 3.41. The minimum Gasteiger partial charge on any atom is -0.481 e. The van der Waals surface area contributed by atoms with E-state index < -0.39 is 11.2 Å². The van der Waals surface area contributed by atoms with Crippen molar-refractivity contribution in [2.45, 2.75) is 11.7 Å². The standard InChI is InChI=1S/C15H15N5O4S/c1-19-9-4-3-8(5-10(9)20(2)15(19)24)7-16-18-14-17-13(23)11(25-14)6-12(21)22/h3-5,7,11H,6H2,1-2H3,(H,21,22)(H,17,18,23)/b16-7-/t11-/m0/s1. The number of aliphatic carboxylic acids is 1. The van der Waals surface area contributed by atoms with Crippen LogP contribution >= 0.6 is 11.8 Å². The van der Waals surface area contributed by atoms with E-state index in [0.29, 0.717) is 0 Å². The van der Waals surface area contributed by atoms with Gasteiger partial charge >= 0.3 is 11.7 Å². The molecule has 2 N–H and O–H groups in total. The highest BCUT2D eigenvalue weighted by molar-refractivity contribution is 8.15. The molecule has 1 amide bonds. The molecule has 0 radical (unpaired) electrons. The van der Waals surface area contributed by atoms with E-state index in [1.165, 1.54) is 6.21 Å². The largest absolute Gasteiger partial charge is 0.481 e. The number of carbonyl (C=O) groups excluding carboxylic acids is 1. The number of aromatic nitrogens is 2. The Bertz CT molecular complexity index is 988. The number of carboxylic acids is 1. The van der Waals surface area contributed by atoms with E-state index >= 15 is 0 Å². The number of fused-ring (bicyclic) bond motifs is 1. The Kier molecular flexibility index (Phi) is 4.45. The van der Waals surface area contributed by atoms with E-state index in [0.717, 1.165) is 28.4 Å². The number of carboxylic acid groups (broad SMARTS) is 1. The van der Waals surface area contributed by atoms with Crippen molar-refractivity contribution >= 4 is 46.1 Å². The van der Waals surface area contributed by atoms with Crippen LogP contribution in [-0.4, -0.2) is 42.7 Å². The van der Waals surface area contributed by atoms with Gasteiger partial charge in [0.15, 0.2) is 5.17 Å². The van der Waals surface area contributed by atoms with Crippen molar-refractivity contribution in [2.75, 3.05) is 0 Å². The zero-order valence-electron chi connectivity index (χ0n) is 13.5. The number of hydrogen-bond acceptors (Lipinski definition) is 6. The van der Waals surface area contributed by atoms with Gasteiger partial charge < -0.3 is 10.4 Å². The van der Waals surface area contributed by atoms with Gasteiger partial charge in [0.2, 0.25) is 5.91 Å². The average Bonchev–Trinajstić information content (AvgIpc) is 3.00. The number of benzene rings is 1. The Hall–Kier alpha value is -2.88. The van der Waals surface area contributed by atoms with Gasteiger partial charge in [0, 0.05) is 14.1 Å². The van der Waals surface area contributed by atoms with Crippen LogP contribution in [-0.2, 0) is 23.7 Å². The number of amidine groups is 1. The van der Waals surface area contributed by atoms with Gasteiger partial charge in [0.1, 0.15) is 5.25 Å². The third-order valence-electron chi connectivity index (χ3n) is 3.79. The molecule has 0 saturated carbocycles. The fraction of sp³-hybridized carbons (Fsp3) is 0.267. The first-order chi connectivity index (χ1) is 11.9. The summed E-state index contributed by atoms with van der Waals surface area (Å²) in [6, 6.07) is 5.44. The predicted octanol–water partition coefficient (Wildman–Crippen LogP) is 0.273. The van der Waals surface area contributed by atoms with Crippen LogP contribution < -0.4 is 11.0 Å². The first-order valence-corrected chi connectivity index (χ1v) is 8.20. The van der Waals surface area contributed by atoms with Gasteiger partial charge in [-0.15, -0.1) is 5.10 Å². The number of thioether (sulfide) groups is 1. The molecular formula is C15H15N5O4S. The Labute approximate surface area is 146 Å². The van der Waals surface area contributed by atoms with Gasteiger partial charge in [0.25, 0.3) is 0 Å². The number of rotatable bonds is 4. The number of nitrogens with zero attached hydrogens (tertiary/aromatic N) is 4. The van der Waals surface area contributed by atoms with Crippen LogP contribution in [0.15, 0.2) is 33.2 Å². The molecular weight excluding hydrogens is 346 g/mol. The molecule has 1 aliphatic rings. The predicted molar refractivity (Wildman–Crippen MR) is 95.0 cm³/mol. The highest BCUT2D eigenvalue weighted by Gasteiger charge is 2.32. The molecule has 9 nitrogen and oxygen atoms in total. The lowest BCUT2D eigenvalue weighted by Gasteiger charge is -1.98. The van der Waals surface area contributed by atoms with Gasteiger partial charge in [-0.2, -0.15) is 5.10 Å². The smallest absolute Gasteiger partial charge is 0.328 e. The molecule has 25 heavy (non-hydrogen) atoms. The molecule has 0 bridgehead atoms. The number of aryl methyl sites for hydroxylation is 2. The van der Waals surface area contributed by atoms with Gasteiger partial charge in [-0.3, -0.25) is 18.7 Å². The number of amides is 1. The maximum absolute atomic E-state index is 11.9. The summed E-state index contributed by atoms with van der Waals surface area (Å²) in [6.45, 7) is 0. The maximum Gasteiger partial charge on any atom is 0.328 e. The SMILES string of the molecule is Cn1c(=O)n(C)c2cc(/C=N\N=C3/NC(=O)[C@H](CC(=O)O)S3)ccc21. The third-order valence-corrected chi connectivity index (χ3v) is 4.86. The van der Waals surface area contributed by atoms with Gasteiger partial charge in [-0.05, 0) is 17.7 Å². The summed E-state index contributed by atoms with van der Waals surface area (Å²) in [4.78, 5) is 34.2. The molecule has 1 aliphatic heterocycles. The lowest BCUT2D eigenvalue weighted by molar-refractivity contribution is -0.138. The molecule has 1 saturated heterocycles. The summed E-state index contributed by atoms with van der Waals surface area (Å²) in [5, 5.41) is 18.6. The van der Waals surface area contributed by atoms with Crippen LogP contribution in [0.25, 0.3) is 11.0 Å². The Balaban J connectivity index is 1.78. The minimum absolute atomic E-state index is 0.112. The molecule has 0 unspecified atom stereocenters. The zero-order valence-corrected chi connectivity index (χ0v) is 14.3. The van der Waals surface area contributed by atoms with Crippen LogP contribution in [0.2, 0.25) is 0 Å². The van der Waals surface area contributed by atoms with Crippen molar-refractivity contribution in [1.29, 1.82) is 0 Å². The zero-order chi connectivity index (χ0) is 18.1. The molecule has 130 valence electrons. The summed E-state index contributed by atoms with van der Waals surface area (Å²) in [6.07, 6.45) is 1.24. The Morgan fingerprint density at radius 2 is 2.04 bits per heavy atom. The average molecular weight is 361 g/mol. The van der Waals surface area contributed by atoms with Gasteiger partial charge in [0.05, 0.1) is 23.7 Å². The number of nitrogens with one attached hydrogen (secondary N) is 1. The molecule has 1 aromatic heterocycles. The van der Waals surface area contributed by atoms with E-state index in [1.54, 1.807) is 29.3 Å². The van der Waals surface area contributed by atoms with Crippen molar-refractivity contribution in [3.8, 4) is 0 Å². The highest BCUT2D eigenvalue weighted by atomic mass is 32.2. The van der Waals surface area contributed by atoms with Crippen molar-refractivity contribution in [1.82, 2.24) is 14.5 Å². The molecule has 1 fully saturated rings. The molecule has 0 aliphatic carbocycles. The lowest BCUT2D eigenvalue weighted by atomic mass is 10.2. The summed E-state index contributed by atoms with van der Waals surface area (Å²) < 4.78 is 3.10. The number of imidazole rings is 1. The lowest BCUT2D eigenvalue weighted by Crippen LogP contribution is -2.26. The quantitative estimate of drug-likeness (QED) is 0.599. The Morgan fingerprint density at radius 3 is 2.76 bits per heavy atom. The summed E-state index contributed by atoms with van der Waals surface area (Å²) >= 11 is 1.04.